The van der Waals surface area contributed by atoms with Gasteiger partial charge in [-0.25, -0.2) is 0 Å². The van der Waals surface area contributed by atoms with E-state index in [9.17, 15) is 9.90 Å². The first kappa shape index (κ1) is 10.6. The molecule has 17 heavy (non-hydrogen) atoms. The van der Waals surface area contributed by atoms with E-state index in [1.54, 1.807) is 0 Å². The third-order valence-corrected chi connectivity index (χ3v) is 3.79. The van der Waals surface area contributed by atoms with E-state index < -0.39 is 5.97 Å². The summed E-state index contributed by atoms with van der Waals surface area (Å²) in [5, 5.41) is 9.30. The van der Waals surface area contributed by atoms with Crippen LogP contribution in [0.25, 0.3) is 0 Å². The second-order valence-corrected chi connectivity index (χ2v) is 5.13. The summed E-state index contributed by atoms with van der Waals surface area (Å²) in [5.41, 5.74) is 2.14. The predicted molar refractivity (Wildman–Crippen MR) is 63.1 cm³/mol. The van der Waals surface area contributed by atoms with Gasteiger partial charge in [0.05, 0.1) is 5.92 Å². The number of aliphatic carboxylic acids is 1. The molecule has 0 bridgehead atoms. The second-order valence-electron chi connectivity index (χ2n) is 5.13. The SMILES string of the molecule is Cc1cccc2c1OC(C1CC1)C(C(=O)O)C2. The first-order valence-electron chi connectivity index (χ1n) is 6.15. The van der Waals surface area contributed by atoms with Crippen molar-refractivity contribution in [1.29, 1.82) is 0 Å². The van der Waals surface area contributed by atoms with E-state index in [0.717, 1.165) is 29.7 Å². The van der Waals surface area contributed by atoms with Crippen molar-refractivity contribution in [2.75, 3.05) is 0 Å². The number of aryl methyl sites for hydroxylation is 1. The molecule has 1 N–H and O–H groups in total. The van der Waals surface area contributed by atoms with E-state index >= 15 is 0 Å². The van der Waals surface area contributed by atoms with E-state index in [2.05, 4.69) is 0 Å². The molecule has 3 nitrogen and oxygen atoms in total. The molecule has 90 valence electrons. The van der Waals surface area contributed by atoms with Crippen LogP contribution in [0.5, 0.6) is 5.75 Å². The predicted octanol–water partition coefficient (Wildman–Crippen LogP) is 2.41. The molecule has 3 heteroatoms. The summed E-state index contributed by atoms with van der Waals surface area (Å²) in [5.74, 6) is 0.261. The van der Waals surface area contributed by atoms with Crippen molar-refractivity contribution in [2.24, 2.45) is 11.8 Å². The van der Waals surface area contributed by atoms with Gasteiger partial charge < -0.3 is 9.84 Å². The monoisotopic (exact) mass is 232 g/mol. The van der Waals surface area contributed by atoms with Gasteiger partial charge in [0.25, 0.3) is 0 Å². The Labute approximate surface area is 100 Å². The second kappa shape index (κ2) is 3.76. The number of benzene rings is 1. The van der Waals surface area contributed by atoms with Gasteiger partial charge in [0.1, 0.15) is 11.9 Å². The summed E-state index contributed by atoms with van der Waals surface area (Å²) in [6.45, 7) is 2.02. The molecule has 3 rings (SSSR count). The van der Waals surface area contributed by atoms with E-state index in [1.165, 1.54) is 0 Å². The van der Waals surface area contributed by atoms with E-state index in [-0.39, 0.29) is 12.0 Å². The first-order valence-corrected chi connectivity index (χ1v) is 6.15. The third kappa shape index (κ3) is 1.79. The summed E-state index contributed by atoms with van der Waals surface area (Å²) in [4.78, 5) is 11.3. The number of para-hydroxylation sites is 1. The number of ether oxygens (including phenoxy) is 1. The van der Waals surface area contributed by atoms with Gasteiger partial charge in [0, 0.05) is 0 Å². The topological polar surface area (TPSA) is 46.5 Å². The van der Waals surface area contributed by atoms with Crippen LogP contribution in [0.4, 0.5) is 0 Å². The molecule has 1 aromatic carbocycles. The lowest BCUT2D eigenvalue weighted by Gasteiger charge is -2.32. The zero-order valence-corrected chi connectivity index (χ0v) is 9.85. The molecule has 0 saturated heterocycles. The lowest BCUT2D eigenvalue weighted by molar-refractivity contribution is -0.146. The van der Waals surface area contributed by atoms with Crippen molar-refractivity contribution >= 4 is 5.97 Å². The molecule has 1 heterocycles. The van der Waals surface area contributed by atoms with Crippen LogP contribution in [0.3, 0.4) is 0 Å². The molecule has 0 spiro atoms. The average molecular weight is 232 g/mol. The number of carboxylic acid groups (broad SMARTS) is 1. The Morgan fingerprint density at radius 1 is 1.41 bits per heavy atom. The number of rotatable bonds is 2. The largest absolute Gasteiger partial charge is 0.489 e. The van der Waals surface area contributed by atoms with Crippen LogP contribution in [-0.4, -0.2) is 17.2 Å². The highest BCUT2D eigenvalue weighted by atomic mass is 16.5. The van der Waals surface area contributed by atoms with Crippen molar-refractivity contribution < 1.29 is 14.6 Å². The summed E-state index contributed by atoms with van der Waals surface area (Å²) >= 11 is 0. The molecule has 0 aromatic heterocycles. The van der Waals surface area contributed by atoms with Gasteiger partial charge >= 0.3 is 5.97 Å². The molecule has 2 aliphatic rings. The fourth-order valence-corrected chi connectivity index (χ4v) is 2.69. The van der Waals surface area contributed by atoms with Gasteiger partial charge in [-0.3, -0.25) is 4.79 Å². The van der Waals surface area contributed by atoms with Gasteiger partial charge in [-0.05, 0) is 43.2 Å². The Balaban J connectivity index is 1.97. The van der Waals surface area contributed by atoms with Crippen molar-refractivity contribution in [3.05, 3.63) is 29.3 Å². The Kier molecular flexibility index (Phi) is 2.35. The van der Waals surface area contributed by atoms with Gasteiger partial charge in [0.2, 0.25) is 0 Å². The minimum absolute atomic E-state index is 0.124. The number of hydrogen-bond donors (Lipinski definition) is 1. The quantitative estimate of drug-likeness (QED) is 0.851. The van der Waals surface area contributed by atoms with Crippen molar-refractivity contribution in [3.8, 4) is 5.75 Å². The number of hydrogen-bond acceptors (Lipinski definition) is 2. The van der Waals surface area contributed by atoms with Gasteiger partial charge in [-0.1, -0.05) is 18.2 Å². The Morgan fingerprint density at radius 3 is 2.82 bits per heavy atom. The van der Waals surface area contributed by atoms with E-state index in [0.29, 0.717) is 12.3 Å². The first-order chi connectivity index (χ1) is 8.16. The van der Waals surface area contributed by atoms with Crippen LogP contribution < -0.4 is 4.74 Å². The zero-order valence-electron chi connectivity index (χ0n) is 9.85. The van der Waals surface area contributed by atoms with E-state index in [1.807, 2.05) is 25.1 Å². The van der Waals surface area contributed by atoms with Crippen LogP contribution >= 0.6 is 0 Å². The summed E-state index contributed by atoms with van der Waals surface area (Å²) in [6.07, 6.45) is 2.69. The van der Waals surface area contributed by atoms with E-state index in [4.69, 9.17) is 4.74 Å². The summed E-state index contributed by atoms with van der Waals surface area (Å²) in [6, 6.07) is 5.96. The molecule has 1 aliphatic carbocycles. The number of fused-ring (bicyclic) bond motifs is 1. The summed E-state index contributed by atoms with van der Waals surface area (Å²) < 4.78 is 5.98. The standard InChI is InChI=1S/C14H16O3/c1-8-3-2-4-10-7-11(14(15)16)13(9-5-6-9)17-12(8)10/h2-4,9,11,13H,5-7H2,1H3,(H,15,16). The van der Waals surface area contributed by atoms with Crippen molar-refractivity contribution in [1.82, 2.24) is 0 Å². The molecule has 2 atom stereocenters. The smallest absolute Gasteiger partial charge is 0.310 e. The third-order valence-electron chi connectivity index (χ3n) is 3.79. The van der Waals surface area contributed by atoms with Crippen molar-refractivity contribution in [2.45, 2.75) is 32.3 Å². The van der Waals surface area contributed by atoms with Crippen molar-refractivity contribution in [3.63, 3.8) is 0 Å². The van der Waals surface area contributed by atoms with Gasteiger partial charge in [0.15, 0.2) is 0 Å². The average Bonchev–Trinajstić information content (AvgIpc) is 3.12. The fourth-order valence-electron chi connectivity index (χ4n) is 2.69. The Morgan fingerprint density at radius 2 is 2.18 bits per heavy atom. The minimum atomic E-state index is -0.728. The normalized spacial score (nSPS) is 27.1. The highest BCUT2D eigenvalue weighted by Gasteiger charge is 2.44. The maximum absolute atomic E-state index is 11.3. The molecule has 2 unspecified atom stereocenters. The highest BCUT2D eigenvalue weighted by molar-refractivity contribution is 5.72. The zero-order chi connectivity index (χ0) is 12.0. The highest BCUT2D eigenvalue weighted by Crippen LogP contribution is 2.43. The molecule has 0 amide bonds. The molecule has 1 fully saturated rings. The number of carbonyl (C=O) groups is 1. The molecular formula is C14H16O3. The van der Waals surface area contributed by atoms with Crippen LogP contribution in [0.15, 0.2) is 18.2 Å². The molecule has 1 saturated carbocycles. The van der Waals surface area contributed by atoms with Crippen LogP contribution in [0.1, 0.15) is 24.0 Å². The Hall–Kier alpha value is -1.51. The summed E-state index contributed by atoms with van der Waals surface area (Å²) in [7, 11) is 0. The molecule has 0 radical (unpaired) electrons. The fraction of sp³-hybridized carbons (Fsp3) is 0.500. The van der Waals surface area contributed by atoms with Gasteiger partial charge in [-0.15, -0.1) is 0 Å². The van der Waals surface area contributed by atoms with Crippen LogP contribution in [0.2, 0.25) is 0 Å². The lowest BCUT2D eigenvalue weighted by Crippen LogP contribution is -2.39. The maximum Gasteiger partial charge on any atom is 0.310 e. The van der Waals surface area contributed by atoms with Crippen LogP contribution in [-0.2, 0) is 11.2 Å². The molecule has 1 aromatic rings. The molecular weight excluding hydrogens is 216 g/mol. The lowest BCUT2D eigenvalue weighted by atomic mass is 9.87. The Bertz CT molecular complexity index is 463. The minimum Gasteiger partial charge on any atom is -0.489 e. The maximum atomic E-state index is 11.3. The van der Waals surface area contributed by atoms with Gasteiger partial charge in [-0.2, -0.15) is 0 Å². The van der Waals surface area contributed by atoms with Crippen LogP contribution in [0, 0.1) is 18.8 Å². The molecule has 1 aliphatic heterocycles. The number of carboxylic acids is 1.